The first kappa shape index (κ1) is 19.3. The summed E-state index contributed by atoms with van der Waals surface area (Å²) in [5.74, 6) is -0.256. The van der Waals surface area contributed by atoms with Crippen molar-refractivity contribution in [2.45, 2.75) is 0 Å². The van der Waals surface area contributed by atoms with Crippen molar-refractivity contribution in [3.05, 3.63) is 60.2 Å². The Kier molecular flexibility index (Phi) is 5.02. The van der Waals surface area contributed by atoms with Gasteiger partial charge in [-0.1, -0.05) is 18.2 Å². The van der Waals surface area contributed by atoms with E-state index in [9.17, 15) is 9.59 Å². The number of Topliss-reactive ketones (excluding diaryl/α,β-unsaturated/α-hetero) is 1. The Morgan fingerprint density at radius 1 is 0.800 bits per heavy atom. The lowest BCUT2D eigenvalue weighted by molar-refractivity contribution is -0.112. The fraction of sp³-hybridized carbons (Fsp3) is 0.130. The highest BCUT2D eigenvalue weighted by Crippen LogP contribution is 2.40. The van der Waals surface area contributed by atoms with Gasteiger partial charge < -0.3 is 24.5 Å². The van der Waals surface area contributed by atoms with Gasteiger partial charge in [-0.05, 0) is 24.3 Å². The molecule has 0 aliphatic rings. The summed E-state index contributed by atoms with van der Waals surface area (Å²) in [5, 5.41) is 4.49. The number of para-hydroxylation sites is 1. The molecule has 0 atom stereocenters. The number of aromatic amines is 1. The number of fused-ring (bicyclic) bond motifs is 3. The first-order chi connectivity index (χ1) is 14.5. The van der Waals surface area contributed by atoms with Gasteiger partial charge in [0.2, 0.25) is 5.75 Å². The minimum Gasteiger partial charge on any atom is -0.493 e. The monoisotopic (exact) mass is 404 g/mol. The summed E-state index contributed by atoms with van der Waals surface area (Å²) in [6.45, 7) is 0. The third-order valence-electron chi connectivity index (χ3n) is 4.90. The second-order valence-corrected chi connectivity index (χ2v) is 6.63. The number of ketones is 1. The Bertz CT molecular complexity index is 1250. The van der Waals surface area contributed by atoms with Crippen LogP contribution >= 0.6 is 0 Å². The van der Waals surface area contributed by atoms with Gasteiger partial charge in [0.15, 0.2) is 11.5 Å². The second-order valence-electron chi connectivity index (χ2n) is 6.63. The summed E-state index contributed by atoms with van der Waals surface area (Å²) in [5.41, 5.74) is 2.53. The molecule has 0 unspecified atom stereocenters. The lowest BCUT2D eigenvalue weighted by Gasteiger charge is -2.14. The highest BCUT2D eigenvalue weighted by molar-refractivity contribution is 6.46. The number of carbonyl (C=O) groups excluding carboxylic acids is 2. The van der Waals surface area contributed by atoms with Crippen LogP contribution in [0.2, 0.25) is 0 Å². The Hall–Kier alpha value is -4.00. The van der Waals surface area contributed by atoms with Crippen molar-refractivity contribution < 1.29 is 23.8 Å². The molecule has 3 aromatic carbocycles. The van der Waals surface area contributed by atoms with Crippen LogP contribution in [0.15, 0.2) is 54.6 Å². The normalized spacial score (nSPS) is 10.8. The van der Waals surface area contributed by atoms with Gasteiger partial charge in [0.1, 0.15) is 0 Å². The third-order valence-corrected chi connectivity index (χ3v) is 4.90. The number of hydrogen-bond acceptors (Lipinski definition) is 5. The summed E-state index contributed by atoms with van der Waals surface area (Å²) < 4.78 is 15.8. The van der Waals surface area contributed by atoms with Gasteiger partial charge in [0, 0.05) is 45.2 Å². The number of benzene rings is 3. The molecule has 0 aliphatic heterocycles. The molecule has 0 saturated carbocycles. The van der Waals surface area contributed by atoms with E-state index in [-0.39, 0.29) is 0 Å². The predicted molar refractivity (Wildman–Crippen MR) is 115 cm³/mol. The summed E-state index contributed by atoms with van der Waals surface area (Å²) >= 11 is 0. The molecule has 152 valence electrons. The van der Waals surface area contributed by atoms with E-state index in [0.717, 1.165) is 21.8 Å². The molecule has 7 heteroatoms. The van der Waals surface area contributed by atoms with Gasteiger partial charge in [-0.2, -0.15) is 0 Å². The van der Waals surface area contributed by atoms with Crippen LogP contribution in [0.4, 0.5) is 5.69 Å². The summed E-state index contributed by atoms with van der Waals surface area (Å²) in [7, 11) is 4.44. The third kappa shape index (κ3) is 3.30. The van der Waals surface area contributed by atoms with Crippen molar-refractivity contribution in [2.24, 2.45) is 0 Å². The molecule has 0 aliphatic carbocycles. The number of hydrogen-bond donors (Lipinski definition) is 2. The number of amides is 1. The van der Waals surface area contributed by atoms with Crippen molar-refractivity contribution in [2.75, 3.05) is 26.6 Å². The van der Waals surface area contributed by atoms with Gasteiger partial charge in [-0.15, -0.1) is 0 Å². The maximum atomic E-state index is 12.8. The molecular formula is C23H20N2O5. The van der Waals surface area contributed by atoms with Gasteiger partial charge in [0.25, 0.3) is 11.7 Å². The number of anilines is 1. The van der Waals surface area contributed by atoms with Crippen LogP contribution in [-0.4, -0.2) is 38.0 Å². The van der Waals surface area contributed by atoms with Crippen molar-refractivity contribution in [3.8, 4) is 17.2 Å². The molecule has 1 aromatic heterocycles. The van der Waals surface area contributed by atoms with Crippen LogP contribution in [0, 0.1) is 0 Å². The maximum absolute atomic E-state index is 12.8. The Balaban J connectivity index is 1.64. The van der Waals surface area contributed by atoms with Crippen molar-refractivity contribution in [1.82, 2.24) is 4.98 Å². The number of methoxy groups -OCH3 is 3. The SMILES string of the molecule is COc1cc(NC(=O)C(=O)c2ccc3[nH]c4ccccc4c3c2)cc(OC)c1OC. The Morgan fingerprint density at radius 3 is 2.13 bits per heavy atom. The number of nitrogens with one attached hydrogen (secondary N) is 2. The smallest absolute Gasteiger partial charge is 0.296 e. The molecule has 0 spiro atoms. The number of ether oxygens (including phenoxy) is 3. The zero-order valence-corrected chi connectivity index (χ0v) is 16.7. The molecule has 0 bridgehead atoms. The molecule has 1 heterocycles. The fourth-order valence-electron chi connectivity index (χ4n) is 3.46. The van der Waals surface area contributed by atoms with E-state index >= 15 is 0 Å². The average molecular weight is 404 g/mol. The maximum Gasteiger partial charge on any atom is 0.296 e. The molecule has 0 radical (unpaired) electrons. The van der Waals surface area contributed by atoms with E-state index in [1.165, 1.54) is 21.3 Å². The molecule has 0 fully saturated rings. The largest absolute Gasteiger partial charge is 0.493 e. The standard InChI is InChI=1S/C23H20N2O5/c1-28-19-11-14(12-20(29-2)22(19)30-3)24-23(27)21(26)13-8-9-18-16(10-13)15-6-4-5-7-17(15)25-18/h4-12,25H,1-3H3,(H,24,27). The zero-order valence-electron chi connectivity index (χ0n) is 16.7. The summed E-state index contributed by atoms with van der Waals surface area (Å²) in [6, 6.07) is 16.1. The molecular weight excluding hydrogens is 384 g/mol. The minimum absolute atomic E-state index is 0.303. The Morgan fingerprint density at radius 2 is 1.47 bits per heavy atom. The predicted octanol–water partition coefficient (Wildman–Crippen LogP) is 4.17. The fourth-order valence-corrected chi connectivity index (χ4v) is 3.46. The van der Waals surface area contributed by atoms with Crippen LogP contribution in [-0.2, 0) is 4.79 Å². The topological polar surface area (TPSA) is 89.7 Å². The second kappa shape index (κ2) is 7.79. The zero-order chi connectivity index (χ0) is 21.3. The van der Waals surface area contributed by atoms with E-state index in [1.807, 2.05) is 24.3 Å². The molecule has 4 rings (SSSR count). The average Bonchev–Trinajstić information content (AvgIpc) is 3.15. The van der Waals surface area contributed by atoms with Gasteiger partial charge in [-0.3, -0.25) is 9.59 Å². The van der Waals surface area contributed by atoms with Crippen molar-refractivity contribution in [1.29, 1.82) is 0 Å². The number of aromatic nitrogens is 1. The van der Waals surface area contributed by atoms with Gasteiger partial charge >= 0.3 is 0 Å². The van der Waals surface area contributed by atoms with E-state index in [1.54, 1.807) is 30.3 Å². The van der Waals surface area contributed by atoms with Crippen molar-refractivity contribution >= 4 is 39.2 Å². The molecule has 1 amide bonds. The van der Waals surface area contributed by atoms with E-state index < -0.39 is 11.7 Å². The van der Waals surface area contributed by atoms with E-state index in [4.69, 9.17) is 14.2 Å². The first-order valence-electron chi connectivity index (χ1n) is 9.22. The number of carbonyl (C=O) groups is 2. The summed E-state index contributed by atoms with van der Waals surface area (Å²) in [6.07, 6.45) is 0. The van der Waals surface area contributed by atoms with Gasteiger partial charge in [0.05, 0.1) is 21.3 Å². The highest BCUT2D eigenvalue weighted by atomic mass is 16.5. The molecule has 7 nitrogen and oxygen atoms in total. The number of H-pyrrole nitrogens is 1. The van der Waals surface area contributed by atoms with Crippen LogP contribution in [0.5, 0.6) is 17.2 Å². The van der Waals surface area contributed by atoms with Crippen molar-refractivity contribution in [3.63, 3.8) is 0 Å². The molecule has 0 saturated heterocycles. The van der Waals surface area contributed by atoms with E-state index in [2.05, 4.69) is 10.3 Å². The quantitative estimate of drug-likeness (QED) is 0.372. The van der Waals surface area contributed by atoms with Crippen LogP contribution in [0.1, 0.15) is 10.4 Å². The highest BCUT2D eigenvalue weighted by Gasteiger charge is 2.20. The Labute approximate surface area is 172 Å². The van der Waals surface area contributed by atoms with Crippen LogP contribution < -0.4 is 19.5 Å². The number of rotatable bonds is 6. The molecule has 30 heavy (non-hydrogen) atoms. The van der Waals surface area contributed by atoms with Crippen LogP contribution in [0.3, 0.4) is 0 Å². The molecule has 2 N–H and O–H groups in total. The molecule has 4 aromatic rings. The van der Waals surface area contributed by atoms with Crippen LogP contribution in [0.25, 0.3) is 21.8 Å². The first-order valence-corrected chi connectivity index (χ1v) is 9.22. The lowest BCUT2D eigenvalue weighted by Crippen LogP contribution is -2.22. The summed E-state index contributed by atoms with van der Waals surface area (Å²) in [4.78, 5) is 28.7. The van der Waals surface area contributed by atoms with E-state index in [0.29, 0.717) is 28.5 Å². The lowest BCUT2D eigenvalue weighted by atomic mass is 10.1. The van der Waals surface area contributed by atoms with Gasteiger partial charge in [-0.25, -0.2) is 0 Å². The minimum atomic E-state index is -0.761.